The highest BCUT2D eigenvalue weighted by molar-refractivity contribution is 9.10. The van der Waals surface area contributed by atoms with E-state index in [0.29, 0.717) is 6.54 Å². The summed E-state index contributed by atoms with van der Waals surface area (Å²) in [6.45, 7) is 2.31. The van der Waals surface area contributed by atoms with Gasteiger partial charge >= 0.3 is 0 Å². The number of nitrogens with zero attached hydrogens (tertiary/aromatic N) is 1. The molecule has 0 aliphatic rings. The van der Waals surface area contributed by atoms with Crippen molar-refractivity contribution in [2.75, 3.05) is 18.3 Å². The molecule has 0 aliphatic carbocycles. The molecule has 3 nitrogen and oxygen atoms in total. The van der Waals surface area contributed by atoms with E-state index in [1.807, 2.05) is 0 Å². The van der Waals surface area contributed by atoms with Crippen LogP contribution in [0.3, 0.4) is 0 Å². The van der Waals surface area contributed by atoms with Gasteiger partial charge in [-0.15, -0.1) is 0 Å². The highest BCUT2D eigenvalue weighted by Gasteiger charge is 2.12. The maximum atomic E-state index is 10.8. The number of sulfonamides is 1. The second-order valence-electron chi connectivity index (χ2n) is 1.64. The fraction of sp³-hybridized carbons (Fsp3) is 1.00. The Hall–Kier alpha value is 0.390. The minimum absolute atomic E-state index is 0.00431. The van der Waals surface area contributed by atoms with Crippen molar-refractivity contribution < 1.29 is 8.42 Å². The van der Waals surface area contributed by atoms with Crippen molar-refractivity contribution in [1.29, 1.82) is 0 Å². The Kier molecular flexibility index (Phi) is 3.68. The van der Waals surface area contributed by atoms with Crippen molar-refractivity contribution >= 4 is 26.0 Å². The molecule has 0 aromatic carbocycles. The fourth-order valence-corrected chi connectivity index (χ4v) is 1.89. The molecule has 0 atom stereocenters. The molecule has 0 N–H and O–H groups in total. The van der Waals surface area contributed by atoms with Crippen LogP contribution in [0.2, 0.25) is 0 Å². The van der Waals surface area contributed by atoms with Gasteiger partial charge in [-0.2, -0.15) is 0 Å². The van der Waals surface area contributed by atoms with Gasteiger partial charge in [0.15, 0.2) is 0 Å². The van der Waals surface area contributed by atoms with E-state index in [4.69, 9.17) is 0 Å². The molecule has 0 saturated heterocycles. The van der Waals surface area contributed by atoms with Gasteiger partial charge in [-0.05, 0) is 0 Å². The normalized spacial score (nSPS) is 12.4. The molecule has 0 unspecified atom stereocenters. The summed E-state index contributed by atoms with van der Waals surface area (Å²) in [5.74, 6) is 0. The zero-order valence-electron chi connectivity index (χ0n) is 5.46. The third-order valence-electron chi connectivity index (χ3n) is 1.06. The summed E-state index contributed by atoms with van der Waals surface area (Å²) in [5.41, 5.74) is 0. The van der Waals surface area contributed by atoms with Crippen LogP contribution in [0.4, 0.5) is 0 Å². The molecule has 0 aromatic heterocycles. The molecule has 9 heavy (non-hydrogen) atoms. The third kappa shape index (κ3) is 2.64. The molecule has 5 heteroatoms. The van der Waals surface area contributed by atoms with Gasteiger partial charge in [-0.3, -0.25) is 0 Å². The molecule has 56 valence electrons. The van der Waals surface area contributed by atoms with Crippen molar-refractivity contribution in [3.05, 3.63) is 0 Å². The second-order valence-corrected chi connectivity index (χ2v) is 5.01. The lowest BCUT2D eigenvalue weighted by molar-refractivity contribution is 0.491. The van der Waals surface area contributed by atoms with Gasteiger partial charge in [-0.1, -0.05) is 22.9 Å². The van der Waals surface area contributed by atoms with Crippen LogP contribution < -0.4 is 0 Å². The SMILES string of the molecule is CCN(C)S(=O)(=O)CBr. The van der Waals surface area contributed by atoms with E-state index in [-0.39, 0.29) is 4.66 Å². The Labute approximate surface area is 64.2 Å². The molecule has 0 aromatic rings. The van der Waals surface area contributed by atoms with E-state index < -0.39 is 10.0 Å². The zero-order chi connectivity index (χ0) is 7.49. The Balaban J connectivity index is 4.17. The van der Waals surface area contributed by atoms with Crippen molar-refractivity contribution in [3.63, 3.8) is 0 Å². The van der Waals surface area contributed by atoms with Crippen LogP contribution in [0, 0.1) is 0 Å². The van der Waals surface area contributed by atoms with Gasteiger partial charge in [0.05, 0.1) is 0 Å². The Bertz CT molecular complexity index is 165. The molecule has 0 amide bonds. The molecular formula is C4H10BrNO2S. The van der Waals surface area contributed by atoms with E-state index >= 15 is 0 Å². The van der Waals surface area contributed by atoms with Crippen LogP contribution in [0.1, 0.15) is 6.92 Å². The monoisotopic (exact) mass is 215 g/mol. The minimum atomic E-state index is -3.00. The predicted molar refractivity (Wildman–Crippen MR) is 41.0 cm³/mol. The van der Waals surface area contributed by atoms with E-state index in [2.05, 4.69) is 15.9 Å². The van der Waals surface area contributed by atoms with Gasteiger partial charge < -0.3 is 0 Å². The number of rotatable bonds is 3. The summed E-state index contributed by atoms with van der Waals surface area (Å²) in [6.07, 6.45) is 0. The van der Waals surface area contributed by atoms with Gasteiger partial charge in [0.25, 0.3) is 0 Å². The van der Waals surface area contributed by atoms with Crippen LogP contribution in [-0.4, -0.2) is 31.0 Å². The first-order valence-electron chi connectivity index (χ1n) is 2.54. The fourth-order valence-electron chi connectivity index (χ4n) is 0.280. The summed E-state index contributed by atoms with van der Waals surface area (Å²) < 4.78 is 22.9. The van der Waals surface area contributed by atoms with Gasteiger partial charge in [0, 0.05) is 13.6 Å². The first kappa shape index (κ1) is 9.39. The maximum Gasteiger partial charge on any atom is 0.223 e. The van der Waals surface area contributed by atoms with Crippen LogP contribution in [0.5, 0.6) is 0 Å². The lowest BCUT2D eigenvalue weighted by Crippen LogP contribution is -2.26. The lowest BCUT2D eigenvalue weighted by atomic mass is 10.8. The average Bonchev–Trinajstić information content (AvgIpc) is 1.86. The van der Waals surface area contributed by atoms with Crippen molar-refractivity contribution in [2.24, 2.45) is 0 Å². The minimum Gasteiger partial charge on any atom is -0.211 e. The molecular weight excluding hydrogens is 206 g/mol. The number of alkyl halides is 1. The van der Waals surface area contributed by atoms with Crippen molar-refractivity contribution in [2.45, 2.75) is 6.92 Å². The summed E-state index contributed by atoms with van der Waals surface area (Å²) in [6, 6.07) is 0. The highest BCUT2D eigenvalue weighted by atomic mass is 79.9. The standard InChI is InChI=1S/C4H10BrNO2S/c1-3-6(2)9(7,8)4-5/h3-4H2,1-2H3. The van der Waals surface area contributed by atoms with E-state index in [1.54, 1.807) is 14.0 Å². The molecule has 0 bridgehead atoms. The Morgan fingerprint density at radius 1 is 1.56 bits per heavy atom. The van der Waals surface area contributed by atoms with Crippen molar-refractivity contribution in [3.8, 4) is 0 Å². The Morgan fingerprint density at radius 2 is 2.00 bits per heavy atom. The van der Waals surface area contributed by atoms with E-state index in [9.17, 15) is 8.42 Å². The van der Waals surface area contributed by atoms with E-state index in [0.717, 1.165) is 0 Å². The van der Waals surface area contributed by atoms with Crippen molar-refractivity contribution in [1.82, 2.24) is 4.31 Å². The van der Waals surface area contributed by atoms with Gasteiger partial charge in [0.2, 0.25) is 10.0 Å². The molecule has 0 heterocycles. The lowest BCUT2D eigenvalue weighted by Gasteiger charge is -2.11. The molecule has 0 radical (unpaired) electrons. The van der Waals surface area contributed by atoms with Crippen LogP contribution in [0.15, 0.2) is 0 Å². The molecule has 0 rings (SSSR count). The first-order chi connectivity index (χ1) is 4.04. The van der Waals surface area contributed by atoms with Crippen LogP contribution in [0.25, 0.3) is 0 Å². The van der Waals surface area contributed by atoms with Crippen LogP contribution in [-0.2, 0) is 10.0 Å². The molecule has 0 aliphatic heterocycles. The quantitative estimate of drug-likeness (QED) is 0.648. The second kappa shape index (κ2) is 3.53. The number of hydrogen-bond acceptors (Lipinski definition) is 2. The third-order valence-corrected chi connectivity index (χ3v) is 4.28. The molecule has 0 fully saturated rings. The summed E-state index contributed by atoms with van der Waals surface area (Å²) in [5, 5.41) is 0. The van der Waals surface area contributed by atoms with Gasteiger partial charge in [-0.25, -0.2) is 12.7 Å². The topological polar surface area (TPSA) is 37.4 Å². The van der Waals surface area contributed by atoms with Crippen LogP contribution >= 0.6 is 15.9 Å². The summed E-state index contributed by atoms with van der Waals surface area (Å²) >= 11 is 2.88. The highest BCUT2D eigenvalue weighted by Crippen LogP contribution is 1.99. The first-order valence-corrected chi connectivity index (χ1v) is 5.27. The largest absolute Gasteiger partial charge is 0.223 e. The molecule has 0 spiro atoms. The Morgan fingerprint density at radius 3 is 2.11 bits per heavy atom. The predicted octanol–water partition coefficient (Wildman–Crippen LogP) is 0.620. The maximum absolute atomic E-state index is 10.8. The van der Waals surface area contributed by atoms with E-state index in [1.165, 1.54) is 4.31 Å². The summed E-state index contributed by atoms with van der Waals surface area (Å²) in [4.78, 5) is 0. The molecule has 0 saturated carbocycles. The van der Waals surface area contributed by atoms with Gasteiger partial charge in [0.1, 0.15) is 4.66 Å². The average molecular weight is 216 g/mol. The summed E-state index contributed by atoms with van der Waals surface area (Å²) in [7, 11) is -1.45. The zero-order valence-corrected chi connectivity index (χ0v) is 7.87. The number of halogens is 1. The number of hydrogen-bond donors (Lipinski definition) is 0. The smallest absolute Gasteiger partial charge is 0.211 e.